The van der Waals surface area contributed by atoms with Gasteiger partial charge in [-0.15, -0.1) is 0 Å². The van der Waals surface area contributed by atoms with E-state index in [1.165, 1.54) is 22.8 Å². The summed E-state index contributed by atoms with van der Waals surface area (Å²) in [4.78, 5) is 0. The van der Waals surface area contributed by atoms with Crippen molar-refractivity contribution in [2.75, 3.05) is 5.73 Å². The Bertz CT molecular complexity index is 333. The summed E-state index contributed by atoms with van der Waals surface area (Å²) in [6.07, 6.45) is 3.49. The molecule has 0 saturated heterocycles. The van der Waals surface area contributed by atoms with Crippen LogP contribution in [0.15, 0.2) is 0 Å². The van der Waals surface area contributed by atoms with Gasteiger partial charge < -0.3 is 0 Å². The quantitative estimate of drug-likeness (QED) is 0.641. The van der Waals surface area contributed by atoms with Gasteiger partial charge in [-0.2, -0.15) is 0 Å². The van der Waals surface area contributed by atoms with E-state index < -0.39 is 0 Å². The second-order valence-electron chi connectivity index (χ2n) is 2.71. The first kappa shape index (κ1) is 6.97. The number of rotatable bonds is 0. The van der Waals surface area contributed by atoms with Crippen molar-refractivity contribution >= 4 is 19.1 Å². The summed E-state index contributed by atoms with van der Waals surface area (Å²) >= 11 is 0.316. The molecule has 0 unspecified atom stereocenters. The second-order valence-corrected chi connectivity index (χ2v) is 5.09. The number of hydrogen-bond acceptors (Lipinski definition) is 2. The molecule has 1 aromatic heterocycles. The molecule has 0 aromatic carbocycles. The normalized spacial score (nSPS) is 14.5. The van der Waals surface area contributed by atoms with Crippen molar-refractivity contribution in [3.8, 4) is 6.07 Å². The molecule has 2 rings (SSSR count). The zero-order valence-electron chi connectivity index (χ0n) is 6.05. The molecule has 0 spiro atoms. The van der Waals surface area contributed by atoms with Crippen molar-refractivity contribution in [3.05, 3.63) is 15.6 Å². The molecule has 56 valence electrons. The fourth-order valence-corrected chi connectivity index (χ4v) is 3.88. The van der Waals surface area contributed by atoms with E-state index in [-0.39, 0.29) is 0 Å². The molecule has 0 amide bonds. The maximum atomic E-state index is 8.77. The van der Waals surface area contributed by atoms with Crippen LogP contribution < -0.4 is 5.73 Å². The minimum absolute atomic E-state index is 0.316. The van der Waals surface area contributed by atoms with E-state index in [4.69, 9.17) is 11.0 Å². The Morgan fingerprint density at radius 2 is 2.27 bits per heavy atom. The molecule has 3 heteroatoms. The third-order valence-corrected chi connectivity index (χ3v) is 4.41. The Morgan fingerprint density at radius 3 is 3.00 bits per heavy atom. The van der Waals surface area contributed by atoms with Crippen LogP contribution in [0.2, 0.25) is 0 Å². The zero-order chi connectivity index (χ0) is 7.84. The molecule has 0 saturated carbocycles. The number of aryl methyl sites for hydroxylation is 1. The number of nitriles is 1. The third kappa shape index (κ3) is 0.910. The standard InChI is InChI=1S/C8H8N2Se/c9-4-6-5-2-1-3-7(5)11-8(6)10/h1-3,10H2. The van der Waals surface area contributed by atoms with Crippen LogP contribution >= 0.6 is 0 Å². The maximum absolute atomic E-state index is 8.77. The molecule has 1 heterocycles. The molecule has 0 aliphatic heterocycles. The summed E-state index contributed by atoms with van der Waals surface area (Å²) in [7, 11) is 0. The molecular weight excluding hydrogens is 203 g/mol. The first-order valence-corrected chi connectivity index (χ1v) is 5.34. The van der Waals surface area contributed by atoms with E-state index in [1.54, 1.807) is 0 Å². The van der Waals surface area contributed by atoms with Crippen LogP contribution in [0.3, 0.4) is 0 Å². The van der Waals surface area contributed by atoms with Crippen molar-refractivity contribution in [3.63, 3.8) is 0 Å². The number of nitrogens with zero attached hydrogens (tertiary/aromatic N) is 1. The van der Waals surface area contributed by atoms with Gasteiger partial charge in [0.05, 0.1) is 0 Å². The SMILES string of the molecule is N#Cc1c(N)[se]c2c1CCC2. The first-order valence-electron chi connectivity index (χ1n) is 3.63. The molecule has 2 nitrogen and oxygen atoms in total. The van der Waals surface area contributed by atoms with Gasteiger partial charge in [0.1, 0.15) is 0 Å². The number of anilines is 1. The number of fused-ring (bicyclic) bond motifs is 1. The van der Waals surface area contributed by atoms with Gasteiger partial charge in [0.2, 0.25) is 0 Å². The molecular formula is C8H8N2Se. The van der Waals surface area contributed by atoms with Crippen molar-refractivity contribution in [1.29, 1.82) is 5.26 Å². The van der Waals surface area contributed by atoms with Gasteiger partial charge in [0.25, 0.3) is 0 Å². The Labute approximate surface area is 71.4 Å². The van der Waals surface area contributed by atoms with Gasteiger partial charge in [0.15, 0.2) is 0 Å². The third-order valence-electron chi connectivity index (χ3n) is 2.06. The summed E-state index contributed by atoms with van der Waals surface area (Å²) < 4.78 is 2.33. The van der Waals surface area contributed by atoms with E-state index in [9.17, 15) is 0 Å². The van der Waals surface area contributed by atoms with Crippen LogP contribution in [-0.4, -0.2) is 14.5 Å². The fraction of sp³-hybridized carbons (Fsp3) is 0.375. The fourth-order valence-electron chi connectivity index (χ4n) is 1.55. The first-order chi connectivity index (χ1) is 5.33. The summed E-state index contributed by atoms with van der Waals surface area (Å²) in [5, 5.41) is 8.77. The Hall–Kier alpha value is -0.711. The summed E-state index contributed by atoms with van der Waals surface area (Å²) in [6.45, 7) is 0. The van der Waals surface area contributed by atoms with Crippen LogP contribution in [-0.2, 0) is 12.8 Å². The second kappa shape index (κ2) is 2.41. The van der Waals surface area contributed by atoms with Gasteiger partial charge in [-0.3, -0.25) is 0 Å². The topological polar surface area (TPSA) is 49.8 Å². The van der Waals surface area contributed by atoms with E-state index in [0.29, 0.717) is 14.5 Å². The minimum atomic E-state index is 0.316. The molecule has 2 N–H and O–H groups in total. The predicted molar refractivity (Wildman–Crippen MR) is 44.5 cm³/mol. The molecule has 1 aliphatic carbocycles. The summed E-state index contributed by atoms with van der Waals surface area (Å²) in [5.41, 5.74) is 7.81. The van der Waals surface area contributed by atoms with Gasteiger partial charge in [-0.1, -0.05) is 0 Å². The van der Waals surface area contributed by atoms with Crippen LogP contribution in [0, 0.1) is 11.3 Å². The Morgan fingerprint density at radius 1 is 1.45 bits per heavy atom. The monoisotopic (exact) mass is 212 g/mol. The van der Waals surface area contributed by atoms with Crippen molar-refractivity contribution in [1.82, 2.24) is 0 Å². The number of hydrogen-bond donors (Lipinski definition) is 1. The molecule has 0 fully saturated rings. The molecule has 0 bridgehead atoms. The van der Waals surface area contributed by atoms with E-state index in [0.717, 1.165) is 16.5 Å². The van der Waals surface area contributed by atoms with Crippen LogP contribution in [0.1, 0.15) is 22.0 Å². The van der Waals surface area contributed by atoms with E-state index in [1.807, 2.05) is 0 Å². The van der Waals surface area contributed by atoms with Crippen LogP contribution in [0.25, 0.3) is 0 Å². The molecule has 0 atom stereocenters. The molecule has 0 radical (unpaired) electrons. The van der Waals surface area contributed by atoms with Crippen LogP contribution in [0.4, 0.5) is 4.56 Å². The van der Waals surface area contributed by atoms with Crippen LogP contribution in [0.5, 0.6) is 0 Å². The molecule has 1 aliphatic rings. The van der Waals surface area contributed by atoms with Crippen molar-refractivity contribution in [2.45, 2.75) is 19.3 Å². The summed E-state index contributed by atoms with van der Waals surface area (Å²) in [6, 6.07) is 2.20. The van der Waals surface area contributed by atoms with E-state index in [2.05, 4.69) is 6.07 Å². The molecule has 11 heavy (non-hydrogen) atoms. The summed E-state index contributed by atoms with van der Waals surface area (Å²) in [5.74, 6) is 0. The molecule has 1 aromatic rings. The zero-order valence-corrected chi connectivity index (χ0v) is 7.77. The van der Waals surface area contributed by atoms with E-state index >= 15 is 0 Å². The average molecular weight is 211 g/mol. The van der Waals surface area contributed by atoms with Gasteiger partial charge in [-0.25, -0.2) is 0 Å². The average Bonchev–Trinajstić information content (AvgIpc) is 2.46. The van der Waals surface area contributed by atoms with Crippen molar-refractivity contribution in [2.24, 2.45) is 0 Å². The number of nitrogens with two attached hydrogens (primary N) is 1. The van der Waals surface area contributed by atoms with Gasteiger partial charge in [0, 0.05) is 0 Å². The Balaban J connectivity index is 2.63. The van der Waals surface area contributed by atoms with Gasteiger partial charge >= 0.3 is 71.0 Å². The Kier molecular flexibility index (Phi) is 1.52. The number of nitrogen functional groups attached to an aromatic ring is 1. The predicted octanol–water partition coefficient (Wildman–Crippen LogP) is 0.686. The van der Waals surface area contributed by atoms with Gasteiger partial charge in [-0.05, 0) is 0 Å². The van der Waals surface area contributed by atoms with Crippen molar-refractivity contribution < 1.29 is 0 Å².